The number of hydrogen-bond acceptors (Lipinski definition) is 3. The summed E-state index contributed by atoms with van der Waals surface area (Å²) in [4.78, 5) is 2.57. The first-order valence-electron chi connectivity index (χ1n) is 5.87. The van der Waals surface area contributed by atoms with Crippen LogP contribution in [0, 0.1) is 11.8 Å². The van der Waals surface area contributed by atoms with E-state index in [1.54, 1.807) is 0 Å². The summed E-state index contributed by atoms with van der Waals surface area (Å²) >= 11 is 0. The van der Waals surface area contributed by atoms with Crippen molar-refractivity contribution in [1.29, 1.82) is 0 Å². The molecule has 0 bridgehead atoms. The van der Waals surface area contributed by atoms with Gasteiger partial charge in [-0.2, -0.15) is 0 Å². The smallest absolute Gasteiger partial charge is 0.0593 e. The summed E-state index contributed by atoms with van der Waals surface area (Å²) in [6.45, 7) is 10.3. The molecule has 2 fully saturated rings. The van der Waals surface area contributed by atoms with Crippen LogP contribution in [0.2, 0.25) is 0 Å². The van der Waals surface area contributed by atoms with Crippen molar-refractivity contribution in [3.63, 3.8) is 0 Å². The van der Waals surface area contributed by atoms with Crippen molar-refractivity contribution < 1.29 is 4.74 Å². The van der Waals surface area contributed by atoms with Crippen LogP contribution in [-0.4, -0.2) is 50.8 Å². The molecule has 2 saturated heterocycles. The molecule has 0 amide bonds. The minimum atomic E-state index is 0.842. The molecule has 0 aromatic heterocycles. The second-order valence-electron chi connectivity index (χ2n) is 4.66. The monoisotopic (exact) mass is 198 g/mol. The summed E-state index contributed by atoms with van der Waals surface area (Å²) in [5.74, 6) is 1.76. The number of nitrogens with one attached hydrogen (secondary N) is 1. The molecule has 0 spiro atoms. The Bertz CT molecular complexity index is 163. The Hall–Kier alpha value is -0.120. The molecule has 0 saturated carbocycles. The first-order valence-corrected chi connectivity index (χ1v) is 5.87. The van der Waals surface area contributed by atoms with Gasteiger partial charge in [0.05, 0.1) is 6.61 Å². The minimum Gasteiger partial charge on any atom is -0.380 e. The lowest BCUT2D eigenvalue weighted by Crippen LogP contribution is -2.48. The van der Waals surface area contributed by atoms with Gasteiger partial charge >= 0.3 is 0 Å². The van der Waals surface area contributed by atoms with E-state index in [0.29, 0.717) is 0 Å². The molecule has 2 heterocycles. The van der Waals surface area contributed by atoms with Gasteiger partial charge in [-0.25, -0.2) is 0 Å². The third-order valence-electron chi connectivity index (χ3n) is 3.48. The molecule has 14 heavy (non-hydrogen) atoms. The lowest BCUT2D eigenvalue weighted by Gasteiger charge is -2.35. The van der Waals surface area contributed by atoms with Gasteiger partial charge in [-0.05, 0) is 31.3 Å². The topological polar surface area (TPSA) is 24.5 Å². The van der Waals surface area contributed by atoms with Crippen LogP contribution in [0.25, 0.3) is 0 Å². The zero-order valence-corrected chi connectivity index (χ0v) is 9.17. The molecular formula is C11H22N2O. The zero-order chi connectivity index (χ0) is 9.80. The van der Waals surface area contributed by atoms with Crippen LogP contribution < -0.4 is 5.32 Å². The highest BCUT2D eigenvalue weighted by Crippen LogP contribution is 2.17. The predicted octanol–water partition coefficient (Wildman–Crippen LogP) is 0.564. The van der Waals surface area contributed by atoms with Gasteiger partial charge in [-0.3, -0.25) is 0 Å². The molecule has 2 rings (SSSR count). The van der Waals surface area contributed by atoms with E-state index in [2.05, 4.69) is 17.1 Å². The normalized spacial score (nSPS) is 28.1. The van der Waals surface area contributed by atoms with Crippen LogP contribution in [0.3, 0.4) is 0 Å². The van der Waals surface area contributed by atoms with Gasteiger partial charge in [-0.15, -0.1) is 0 Å². The number of ether oxygens (including phenoxy) is 1. The van der Waals surface area contributed by atoms with Crippen LogP contribution in [0.4, 0.5) is 0 Å². The lowest BCUT2D eigenvalue weighted by atomic mass is 9.88. The van der Waals surface area contributed by atoms with E-state index in [1.165, 1.54) is 32.6 Å². The van der Waals surface area contributed by atoms with Gasteiger partial charge in [0.2, 0.25) is 0 Å². The molecule has 0 aromatic carbocycles. The van der Waals surface area contributed by atoms with Crippen molar-refractivity contribution in [2.75, 3.05) is 45.9 Å². The first kappa shape index (κ1) is 10.4. The zero-order valence-electron chi connectivity index (χ0n) is 9.17. The lowest BCUT2D eigenvalue weighted by molar-refractivity contribution is 0.130. The Morgan fingerprint density at radius 1 is 1.36 bits per heavy atom. The van der Waals surface area contributed by atoms with Gasteiger partial charge in [0, 0.05) is 26.2 Å². The van der Waals surface area contributed by atoms with Gasteiger partial charge in [0.15, 0.2) is 0 Å². The molecule has 1 N–H and O–H groups in total. The van der Waals surface area contributed by atoms with Crippen molar-refractivity contribution in [3.8, 4) is 0 Å². The molecule has 1 unspecified atom stereocenters. The highest BCUT2D eigenvalue weighted by molar-refractivity contribution is 4.81. The fourth-order valence-corrected chi connectivity index (χ4v) is 2.25. The van der Waals surface area contributed by atoms with Gasteiger partial charge < -0.3 is 15.0 Å². The van der Waals surface area contributed by atoms with E-state index < -0.39 is 0 Å². The summed E-state index contributed by atoms with van der Waals surface area (Å²) in [5.41, 5.74) is 0. The Morgan fingerprint density at radius 2 is 2.21 bits per heavy atom. The Morgan fingerprint density at radius 3 is 2.93 bits per heavy atom. The summed E-state index contributed by atoms with van der Waals surface area (Å²) in [7, 11) is 0. The maximum absolute atomic E-state index is 5.45. The van der Waals surface area contributed by atoms with Crippen molar-refractivity contribution in [1.82, 2.24) is 10.2 Å². The number of hydrogen-bond donors (Lipinski definition) is 1. The van der Waals surface area contributed by atoms with Gasteiger partial charge in [-0.1, -0.05) is 6.92 Å². The SMILES string of the molecule is CC(CN1CCCOCC1)C1CNC1. The molecule has 1 atom stereocenters. The van der Waals surface area contributed by atoms with Crippen LogP contribution in [0.5, 0.6) is 0 Å². The van der Waals surface area contributed by atoms with E-state index in [0.717, 1.165) is 31.6 Å². The average Bonchev–Trinajstić information content (AvgIpc) is 2.29. The highest BCUT2D eigenvalue weighted by Gasteiger charge is 2.25. The third kappa shape index (κ3) is 2.69. The van der Waals surface area contributed by atoms with Gasteiger partial charge in [0.1, 0.15) is 0 Å². The molecule has 2 aliphatic rings. The van der Waals surface area contributed by atoms with Crippen molar-refractivity contribution in [2.24, 2.45) is 11.8 Å². The summed E-state index contributed by atoms with van der Waals surface area (Å²) in [6, 6.07) is 0. The third-order valence-corrected chi connectivity index (χ3v) is 3.48. The van der Waals surface area contributed by atoms with Gasteiger partial charge in [0.25, 0.3) is 0 Å². The first-order chi connectivity index (χ1) is 6.86. The van der Waals surface area contributed by atoms with Crippen LogP contribution >= 0.6 is 0 Å². The summed E-state index contributed by atoms with van der Waals surface area (Å²) < 4.78 is 5.45. The molecule has 3 nitrogen and oxygen atoms in total. The Balaban J connectivity index is 1.71. The molecule has 0 radical (unpaired) electrons. The summed E-state index contributed by atoms with van der Waals surface area (Å²) in [6.07, 6.45) is 1.20. The number of rotatable bonds is 3. The highest BCUT2D eigenvalue weighted by atomic mass is 16.5. The second-order valence-corrected chi connectivity index (χ2v) is 4.66. The van der Waals surface area contributed by atoms with Crippen LogP contribution in [0.1, 0.15) is 13.3 Å². The molecular weight excluding hydrogens is 176 g/mol. The molecule has 3 heteroatoms. The molecule has 82 valence electrons. The van der Waals surface area contributed by atoms with Crippen LogP contribution in [0.15, 0.2) is 0 Å². The molecule has 0 aromatic rings. The summed E-state index contributed by atoms with van der Waals surface area (Å²) in [5, 5.41) is 3.35. The van der Waals surface area contributed by atoms with E-state index in [-0.39, 0.29) is 0 Å². The number of nitrogens with zero attached hydrogens (tertiary/aromatic N) is 1. The maximum Gasteiger partial charge on any atom is 0.0593 e. The van der Waals surface area contributed by atoms with E-state index in [4.69, 9.17) is 4.74 Å². The average molecular weight is 198 g/mol. The fourth-order valence-electron chi connectivity index (χ4n) is 2.25. The maximum atomic E-state index is 5.45. The quantitative estimate of drug-likeness (QED) is 0.717. The second kappa shape index (κ2) is 5.10. The molecule has 0 aliphatic carbocycles. The molecule has 2 aliphatic heterocycles. The van der Waals surface area contributed by atoms with Crippen molar-refractivity contribution in [2.45, 2.75) is 13.3 Å². The Kier molecular flexibility index (Phi) is 3.79. The minimum absolute atomic E-state index is 0.842. The van der Waals surface area contributed by atoms with E-state index in [9.17, 15) is 0 Å². The Labute approximate surface area is 86.8 Å². The van der Waals surface area contributed by atoms with E-state index >= 15 is 0 Å². The van der Waals surface area contributed by atoms with Crippen molar-refractivity contribution in [3.05, 3.63) is 0 Å². The van der Waals surface area contributed by atoms with E-state index in [1.807, 2.05) is 0 Å². The largest absolute Gasteiger partial charge is 0.380 e. The predicted molar refractivity (Wildman–Crippen MR) is 57.4 cm³/mol. The van der Waals surface area contributed by atoms with Crippen molar-refractivity contribution >= 4 is 0 Å². The standard InChI is InChI=1S/C11H22N2O/c1-10(11-7-12-8-11)9-13-3-2-5-14-6-4-13/h10-12H,2-9H2,1H3. The van der Waals surface area contributed by atoms with Crippen LogP contribution in [-0.2, 0) is 4.74 Å². The fraction of sp³-hybridized carbons (Fsp3) is 1.00.